The van der Waals surface area contributed by atoms with Crippen LogP contribution < -0.4 is 5.32 Å². The summed E-state index contributed by atoms with van der Waals surface area (Å²) in [5, 5.41) is 23.0. The summed E-state index contributed by atoms with van der Waals surface area (Å²) in [6, 6.07) is 6.37. The van der Waals surface area contributed by atoms with Crippen LogP contribution >= 0.6 is 0 Å². The Labute approximate surface area is 191 Å². The van der Waals surface area contributed by atoms with Gasteiger partial charge in [0.05, 0.1) is 12.6 Å². The number of benzene rings is 1. The molecule has 2 atom stereocenters. The lowest BCUT2D eigenvalue weighted by atomic mass is 10.0. The Hall–Kier alpha value is -2.95. The van der Waals surface area contributed by atoms with E-state index >= 15 is 0 Å². The number of fused-ring (bicyclic) bond motifs is 1. The molecule has 2 fully saturated rings. The fourth-order valence-corrected chi connectivity index (χ4v) is 4.73. The Morgan fingerprint density at radius 2 is 1.85 bits per heavy atom. The smallest absolute Gasteiger partial charge is 0.325 e. The van der Waals surface area contributed by atoms with Crippen molar-refractivity contribution in [3.8, 4) is 0 Å². The zero-order chi connectivity index (χ0) is 23.4. The van der Waals surface area contributed by atoms with Gasteiger partial charge >= 0.3 is 11.9 Å². The van der Waals surface area contributed by atoms with E-state index in [1.54, 1.807) is 16.8 Å². The number of carbonyl (C=O) groups excluding carboxylic acids is 1. The topological polar surface area (TPSA) is 124 Å². The van der Waals surface area contributed by atoms with Crippen LogP contribution in [0.2, 0.25) is 0 Å². The summed E-state index contributed by atoms with van der Waals surface area (Å²) in [6.45, 7) is 3.46. The Kier molecular flexibility index (Phi) is 7.26. The maximum absolute atomic E-state index is 12.3. The van der Waals surface area contributed by atoms with Crippen LogP contribution in [0.15, 0.2) is 30.5 Å². The number of piperazine rings is 1. The van der Waals surface area contributed by atoms with Gasteiger partial charge in [-0.05, 0) is 18.9 Å². The average Bonchev–Trinajstić information content (AvgIpc) is 3.42. The van der Waals surface area contributed by atoms with Gasteiger partial charge in [0.25, 0.3) is 0 Å². The second-order valence-electron chi connectivity index (χ2n) is 8.62. The summed E-state index contributed by atoms with van der Waals surface area (Å²) in [6.07, 6.45) is 3.74. The molecule has 33 heavy (non-hydrogen) atoms. The van der Waals surface area contributed by atoms with Gasteiger partial charge in [0.2, 0.25) is 5.91 Å². The Morgan fingerprint density at radius 3 is 2.52 bits per heavy atom. The molecule has 0 aliphatic carbocycles. The van der Waals surface area contributed by atoms with Crippen LogP contribution in [-0.4, -0.2) is 94.4 Å². The number of carboxylic acid groups (broad SMARTS) is 2. The summed E-state index contributed by atoms with van der Waals surface area (Å²) in [5.41, 5.74) is 1.28. The molecule has 10 heteroatoms. The highest BCUT2D eigenvalue weighted by Gasteiger charge is 2.33. The molecule has 1 aromatic carbocycles. The van der Waals surface area contributed by atoms with Crippen molar-refractivity contribution in [2.45, 2.75) is 31.5 Å². The minimum Gasteiger partial charge on any atom is -0.480 e. The molecule has 4 rings (SSSR count). The third-order valence-corrected chi connectivity index (χ3v) is 6.34. The first-order chi connectivity index (χ1) is 15.9. The Balaban J connectivity index is 1.40. The van der Waals surface area contributed by atoms with E-state index in [1.807, 2.05) is 28.0 Å². The minimum atomic E-state index is -0.986. The number of para-hydroxylation sites is 1. The third-order valence-electron chi connectivity index (χ3n) is 6.34. The van der Waals surface area contributed by atoms with Crippen LogP contribution in [0.3, 0.4) is 0 Å². The van der Waals surface area contributed by atoms with E-state index in [-0.39, 0.29) is 25.1 Å². The second-order valence-corrected chi connectivity index (χ2v) is 8.62. The van der Waals surface area contributed by atoms with Crippen LogP contribution in [-0.2, 0) is 25.7 Å². The van der Waals surface area contributed by atoms with Gasteiger partial charge in [-0.1, -0.05) is 18.2 Å². The van der Waals surface area contributed by atoms with Crippen molar-refractivity contribution < 1.29 is 29.3 Å². The highest BCUT2D eigenvalue weighted by Crippen LogP contribution is 2.31. The second kappa shape index (κ2) is 10.3. The number of rotatable bonds is 9. The van der Waals surface area contributed by atoms with Crippen LogP contribution in [0.25, 0.3) is 10.9 Å². The molecule has 2 aromatic rings. The molecule has 0 spiro atoms. The summed E-state index contributed by atoms with van der Waals surface area (Å²) in [7, 11) is 0. The number of carboxylic acids is 2. The van der Waals surface area contributed by atoms with Crippen LogP contribution in [0.4, 0.5) is 0 Å². The van der Waals surface area contributed by atoms with Crippen LogP contribution in [0.1, 0.15) is 24.4 Å². The van der Waals surface area contributed by atoms with Gasteiger partial charge in [0.1, 0.15) is 12.6 Å². The van der Waals surface area contributed by atoms with Gasteiger partial charge in [-0.25, -0.2) is 0 Å². The van der Waals surface area contributed by atoms with Gasteiger partial charge in [-0.3, -0.25) is 24.2 Å². The fourth-order valence-electron chi connectivity index (χ4n) is 4.73. The lowest BCUT2D eigenvalue weighted by Gasteiger charge is -2.37. The number of hydrogen-bond acceptors (Lipinski definition) is 6. The van der Waals surface area contributed by atoms with E-state index < -0.39 is 18.0 Å². The van der Waals surface area contributed by atoms with Crippen molar-refractivity contribution >= 4 is 28.7 Å². The lowest BCUT2D eigenvalue weighted by Crippen LogP contribution is -2.51. The Bertz CT molecular complexity index is 1010. The molecule has 0 radical (unpaired) electrons. The van der Waals surface area contributed by atoms with Gasteiger partial charge in [-0.15, -0.1) is 0 Å². The summed E-state index contributed by atoms with van der Waals surface area (Å²) in [5.74, 6) is -2.01. The SMILES string of the molecule is O=C(O)Cn1cc([C@@H](C(=O)O)N2CCN(CC(=O)NC[C@H]3CCCO3)CC2)c2ccccc21. The van der Waals surface area contributed by atoms with E-state index in [2.05, 4.69) is 5.32 Å². The standard InChI is InChI=1S/C23H30N4O6/c28-20(24-12-16-4-3-11-33-16)14-25-7-9-26(10-8-25)22(23(31)32)18-13-27(15-21(29)30)19-6-2-1-5-17(18)19/h1-2,5-6,13,16,22H,3-4,7-12,14-15H2,(H,24,28)(H,29,30)(H,31,32)/t16-,22+/m1/s1. The highest BCUT2D eigenvalue weighted by molar-refractivity contribution is 5.90. The monoisotopic (exact) mass is 458 g/mol. The van der Waals surface area contributed by atoms with Crippen molar-refractivity contribution in [1.29, 1.82) is 0 Å². The number of hydrogen-bond donors (Lipinski definition) is 3. The maximum Gasteiger partial charge on any atom is 0.325 e. The van der Waals surface area contributed by atoms with Crippen molar-refractivity contribution in [3.63, 3.8) is 0 Å². The number of nitrogens with zero attached hydrogens (tertiary/aromatic N) is 3. The molecule has 3 N–H and O–H groups in total. The number of aromatic nitrogens is 1. The highest BCUT2D eigenvalue weighted by atomic mass is 16.5. The number of aliphatic carboxylic acids is 2. The molecule has 0 bridgehead atoms. The molecule has 3 heterocycles. The minimum absolute atomic E-state index is 0.0505. The zero-order valence-electron chi connectivity index (χ0n) is 18.5. The normalized spacial score (nSPS) is 20.7. The molecule has 178 valence electrons. The van der Waals surface area contributed by atoms with Gasteiger partial charge in [-0.2, -0.15) is 0 Å². The van der Waals surface area contributed by atoms with Crippen LogP contribution in [0, 0.1) is 0 Å². The van der Waals surface area contributed by atoms with E-state index in [1.165, 1.54) is 0 Å². The first kappa shape index (κ1) is 23.2. The van der Waals surface area contributed by atoms with Crippen molar-refractivity contribution in [2.75, 3.05) is 45.9 Å². The average molecular weight is 459 g/mol. The third kappa shape index (κ3) is 5.52. The molecule has 2 aliphatic rings. The van der Waals surface area contributed by atoms with E-state index in [9.17, 15) is 24.6 Å². The van der Waals surface area contributed by atoms with E-state index in [4.69, 9.17) is 4.74 Å². The predicted molar refractivity (Wildman–Crippen MR) is 120 cm³/mol. The molecule has 1 amide bonds. The van der Waals surface area contributed by atoms with Gasteiger partial charge in [0, 0.05) is 62.0 Å². The molecular formula is C23H30N4O6. The molecule has 0 saturated carbocycles. The first-order valence-corrected chi connectivity index (χ1v) is 11.3. The van der Waals surface area contributed by atoms with Crippen molar-refractivity contribution in [2.24, 2.45) is 0 Å². The maximum atomic E-state index is 12.3. The molecule has 2 aliphatic heterocycles. The number of amides is 1. The molecule has 10 nitrogen and oxygen atoms in total. The molecular weight excluding hydrogens is 428 g/mol. The molecule has 2 saturated heterocycles. The van der Waals surface area contributed by atoms with Crippen molar-refractivity contribution in [1.82, 2.24) is 19.7 Å². The largest absolute Gasteiger partial charge is 0.480 e. The summed E-state index contributed by atoms with van der Waals surface area (Å²) in [4.78, 5) is 39.8. The summed E-state index contributed by atoms with van der Waals surface area (Å²) >= 11 is 0. The summed E-state index contributed by atoms with van der Waals surface area (Å²) < 4.78 is 7.11. The first-order valence-electron chi connectivity index (χ1n) is 11.3. The predicted octanol–water partition coefficient (Wildman–Crippen LogP) is 0.764. The van der Waals surface area contributed by atoms with E-state index in [0.717, 1.165) is 24.8 Å². The number of carbonyl (C=O) groups is 3. The van der Waals surface area contributed by atoms with Crippen LogP contribution in [0.5, 0.6) is 0 Å². The Morgan fingerprint density at radius 1 is 1.09 bits per heavy atom. The fraction of sp³-hybridized carbons (Fsp3) is 0.522. The van der Waals surface area contributed by atoms with Gasteiger partial charge < -0.3 is 24.8 Å². The number of nitrogens with one attached hydrogen (secondary N) is 1. The molecule has 0 unspecified atom stereocenters. The molecule has 1 aromatic heterocycles. The lowest BCUT2D eigenvalue weighted by molar-refractivity contribution is -0.144. The number of ether oxygens (including phenoxy) is 1. The van der Waals surface area contributed by atoms with Gasteiger partial charge in [0.15, 0.2) is 0 Å². The zero-order valence-corrected chi connectivity index (χ0v) is 18.5. The van der Waals surface area contributed by atoms with Crippen molar-refractivity contribution in [3.05, 3.63) is 36.0 Å². The van der Waals surface area contributed by atoms with E-state index in [0.29, 0.717) is 43.8 Å². The quantitative estimate of drug-likeness (QED) is 0.503.